The summed E-state index contributed by atoms with van der Waals surface area (Å²) in [7, 11) is 0. The number of rotatable bonds is 5. The number of anilines is 1. The van der Waals surface area contributed by atoms with Crippen molar-refractivity contribution < 1.29 is 19.1 Å². The number of benzene rings is 1. The molecule has 1 aliphatic heterocycles. The summed E-state index contributed by atoms with van der Waals surface area (Å²) < 4.78 is 10.7. The molecule has 1 amide bonds. The van der Waals surface area contributed by atoms with Crippen LogP contribution in [-0.4, -0.2) is 41.3 Å². The average molecular weight is 426 g/mol. The highest BCUT2D eigenvalue weighted by Gasteiger charge is 2.32. The standard InChI is InChI=1S/C24H31N3O4/c1-23(2,3)31-21(28)19-10-11-20(25-16-19)27-14-12-24(4,13-15-27)26-22(29)30-17-18-8-6-5-7-9-18/h5-11,16H,12-15,17H2,1-4H3,(H,26,29). The lowest BCUT2D eigenvalue weighted by Crippen LogP contribution is -2.53. The van der Waals surface area contributed by atoms with Crippen molar-refractivity contribution in [1.82, 2.24) is 10.3 Å². The van der Waals surface area contributed by atoms with E-state index in [1.807, 2.05) is 64.1 Å². The number of amides is 1. The summed E-state index contributed by atoms with van der Waals surface area (Å²) in [6.07, 6.45) is 2.68. The molecule has 1 N–H and O–H groups in total. The Hall–Kier alpha value is -3.09. The van der Waals surface area contributed by atoms with Crippen LogP contribution in [0.4, 0.5) is 10.6 Å². The van der Waals surface area contributed by atoms with Crippen molar-refractivity contribution in [2.45, 2.75) is 58.3 Å². The topological polar surface area (TPSA) is 80.8 Å². The maximum Gasteiger partial charge on any atom is 0.407 e. The third-order valence-electron chi connectivity index (χ3n) is 5.19. The number of ether oxygens (including phenoxy) is 2. The lowest BCUT2D eigenvalue weighted by atomic mass is 9.90. The highest BCUT2D eigenvalue weighted by Crippen LogP contribution is 2.25. The maximum absolute atomic E-state index is 12.2. The first kappa shape index (κ1) is 22.6. The van der Waals surface area contributed by atoms with Gasteiger partial charge in [0, 0.05) is 24.8 Å². The van der Waals surface area contributed by atoms with Gasteiger partial charge in [-0.2, -0.15) is 0 Å². The summed E-state index contributed by atoms with van der Waals surface area (Å²) in [4.78, 5) is 31.0. The lowest BCUT2D eigenvalue weighted by Gasteiger charge is -2.40. The zero-order valence-corrected chi connectivity index (χ0v) is 18.7. The zero-order chi connectivity index (χ0) is 22.5. The van der Waals surface area contributed by atoms with Crippen molar-refractivity contribution >= 4 is 17.9 Å². The normalized spacial score (nSPS) is 15.8. The average Bonchev–Trinajstić information content (AvgIpc) is 2.72. The minimum absolute atomic E-state index is 0.253. The van der Waals surface area contributed by atoms with E-state index in [4.69, 9.17) is 9.47 Å². The summed E-state index contributed by atoms with van der Waals surface area (Å²) in [5.41, 5.74) is 0.519. The molecule has 1 fully saturated rings. The number of carbonyl (C=O) groups is 2. The maximum atomic E-state index is 12.2. The number of carbonyl (C=O) groups excluding carboxylic acids is 2. The predicted octanol–water partition coefficient (Wildman–Crippen LogP) is 4.32. The quantitative estimate of drug-likeness (QED) is 0.719. The van der Waals surface area contributed by atoms with E-state index in [9.17, 15) is 9.59 Å². The van der Waals surface area contributed by atoms with Gasteiger partial charge in [-0.05, 0) is 58.2 Å². The SMILES string of the molecule is CC1(NC(=O)OCc2ccccc2)CCN(c2ccc(C(=O)OC(C)(C)C)cn2)CC1. The van der Waals surface area contributed by atoms with E-state index in [0.717, 1.165) is 37.3 Å². The first-order valence-corrected chi connectivity index (χ1v) is 10.6. The van der Waals surface area contributed by atoms with Gasteiger partial charge in [0.15, 0.2) is 0 Å². The molecule has 31 heavy (non-hydrogen) atoms. The minimum atomic E-state index is -0.539. The van der Waals surface area contributed by atoms with E-state index in [0.29, 0.717) is 5.56 Å². The molecule has 0 unspecified atom stereocenters. The highest BCUT2D eigenvalue weighted by atomic mass is 16.6. The van der Waals surface area contributed by atoms with Crippen LogP contribution in [0.1, 0.15) is 56.5 Å². The number of alkyl carbamates (subject to hydrolysis) is 1. The first-order chi connectivity index (χ1) is 14.6. The van der Waals surface area contributed by atoms with Crippen molar-refractivity contribution in [2.24, 2.45) is 0 Å². The van der Waals surface area contributed by atoms with Crippen molar-refractivity contribution in [3.63, 3.8) is 0 Å². The van der Waals surface area contributed by atoms with Crippen LogP contribution in [0.2, 0.25) is 0 Å². The molecule has 1 aliphatic rings. The Morgan fingerprint density at radius 3 is 2.35 bits per heavy atom. The molecule has 0 atom stereocenters. The minimum Gasteiger partial charge on any atom is -0.456 e. The van der Waals surface area contributed by atoms with Crippen LogP contribution in [0.5, 0.6) is 0 Å². The molecule has 0 bridgehead atoms. The van der Waals surface area contributed by atoms with Crippen LogP contribution < -0.4 is 10.2 Å². The van der Waals surface area contributed by atoms with Crippen LogP contribution in [0.25, 0.3) is 0 Å². The first-order valence-electron chi connectivity index (χ1n) is 10.6. The van der Waals surface area contributed by atoms with Crippen LogP contribution >= 0.6 is 0 Å². The van der Waals surface area contributed by atoms with Crippen molar-refractivity contribution in [3.05, 3.63) is 59.8 Å². The van der Waals surface area contributed by atoms with E-state index in [1.54, 1.807) is 12.3 Å². The smallest absolute Gasteiger partial charge is 0.407 e. The van der Waals surface area contributed by atoms with Gasteiger partial charge in [0.05, 0.1) is 5.56 Å². The summed E-state index contributed by atoms with van der Waals surface area (Å²) >= 11 is 0. The molecule has 2 aromatic rings. The predicted molar refractivity (Wildman–Crippen MR) is 119 cm³/mol. The monoisotopic (exact) mass is 425 g/mol. The molecule has 1 aromatic heterocycles. The van der Waals surface area contributed by atoms with Crippen LogP contribution in [0, 0.1) is 0 Å². The molecular weight excluding hydrogens is 394 g/mol. The third-order valence-corrected chi connectivity index (χ3v) is 5.19. The molecule has 1 aromatic carbocycles. The molecule has 3 rings (SSSR count). The summed E-state index contributed by atoms with van der Waals surface area (Å²) in [5, 5.41) is 3.01. The number of hydrogen-bond acceptors (Lipinski definition) is 6. The van der Waals surface area contributed by atoms with Gasteiger partial charge in [0.25, 0.3) is 0 Å². The Balaban J connectivity index is 1.49. The molecule has 1 saturated heterocycles. The molecular formula is C24H31N3O4. The van der Waals surface area contributed by atoms with Gasteiger partial charge in [-0.1, -0.05) is 30.3 Å². The molecule has 0 radical (unpaired) electrons. The third kappa shape index (κ3) is 6.70. The second-order valence-corrected chi connectivity index (χ2v) is 9.14. The molecule has 0 spiro atoms. The van der Waals surface area contributed by atoms with Crippen molar-refractivity contribution in [2.75, 3.05) is 18.0 Å². The van der Waals surface area contributed by atoms with E-state index in [2.05, 4.69) is 15.2 Å². The zero-order valence-electron chi connectivity index (χ0n) is 18.7. The van der Waals surface area contributed by atoms with E-state index >= 15 is 0 Å². The molecule has 7 nitrogen and oxygen atoms in total. The Bertz CT molecular complexity index is 883. The summed E-state index contributed by atoms with van der Waals surface area (Å²) in [6.45, 7) is 9.28. The molecule has 0 saturated carbocycles. The van der Waals surface area contributed by atoms with Crippen molar-refractivity contribution in [1.29, 1.82) is 0 Å². The van der Waals surface area contributed by atoms with Crippen LogP contribution in [0.15, 0.2) is 48.7 Å². The van der Waals surface area contributed by atoms with Gasteiger partial charge in [-0.15, -0.1) is 0 Å². The van der Waals surface area contributed by atoms with E-state index in [-0.39, 0.29) is 18.1 Å². The number of piperidine rings is 1. The Labute approximate surface area is 183 Å². The van der Waals surface area contributed by atoms with Gasteiger partial charge < -0.3 is 19.7 Å². The second-order valence-electron chi connectivity index (χ2n) is 9.14. The second kappa shape index (κ2) is 9.37. The molecule has 2 heterocycles. The Morgan fingerprint density at radius 2 is 1.77 bits per heavy atom. The van der Waals surface area contributed by atoms with Gasteiger partial charge in [0.1, 0.15) is 18.0 Å². The van der Waals surface area contributed by atoms with E-state index in [1.165, 1.54) is 0 Å². The summed E-state index contributed by atoms with van der Waals surface area (Å²) in [6, 6.07) is 13.2. The Morgan fingerprint density at radius 1 is 1.10 bits per heavy atom. The Kier molecular flexibility index (Phi) is 6.83. The van der Waals surface area contributed by atoms with Gasteiger partial charge in [-0.25, -0.2) is 14.6 Å². The number of esters is 1. The number of aromatic nitrogens is 1. The fourth-order valence-electron chi connectivity index (χ4n) is 3.39. The number of pyridine rings is 1. The van der Waals surface area contributed by atoms with Gasteiger partial charge >= 0.3 is 12.1 Å². The van der Waals surface area contributed by atoms with Crippen LogP contribution in [-0.2, 0) is 16.1 Å². The highest BCUT2D eigenvalue weighted by molar-refractivity contribution is 5.89. The number of nitrogens with zero attached hydrogens (tertiary/aromatic N) is 2. The van der Waals surface area contributed by atoms with Gasteiger partial charge in [0.2, 0.25) is 0 Å². The fraction of sp³-hybridized carbons (Fsp3) is 0.458. The number of hydrogen-bond donors (Lipinski definition) is 1. The van der Waals surface area contributed by atoms with Gasteiger partial charge in [-0.3, -0.25) is 0 Å². The summed E-state index contributed by atoms with van der Waals surface area (Å²) in [5.74, 6) is 0.428. The molecule has 166 valence electrons. The molecule has 7 heteroatoms. The molecule has 0 aliphatic carbocycles. The fourth-order valence-corrected chi connectivity index (χ4v) is 3.39. The number of nitrogens with one attached hydrogen (secondary N) is 1. The van der Waals surface area contributed by atoms with Crippen molar-refractivity contribution in [3.8, 4) is 0 Å². The largest absolute Gasteiger partial charge is 0.456 e. The van der Waals surface area contributed by atoms with E-state index < -0.39 is 11.7 Å². The van der Waals surface area contributed by atoms with Crippen LogP contribution in [0.3, 0.4) is 0 Å². The lowest BCUT2D eigenvalue weighted by molar-refractivity contribution is 0.00690.